The molecule has 4 unspecified atom stereocenters. The molecule has 0 aromatic carbocycles. The molecule has 23 heavy (non-hydrogen) atoms. The van der Waals surface area contributed by atoms with Crippen LogP contribution in [0.25, 0.3) is 0 Å². The Kier molecular flexibility index (Phi) is 5.57. The van der Waals surface area contributed by atoms with E-state index in [0.717, 1.165) is 17.8 Å². The molecule has 4 aliphatic rings. The summed E-state index contributed by atoms with van der Waals surface area (Å²) in [7, 11) is 0. The van der Waals surface area contributed by atoms with Gasteiger partial charge in [-0.1, -0.05) is 32.1 Å². The fourth-order valence-electron chi connectivity index (χ4n) is 6.15. The molecule has 0 aromatic rings. The van der Waals surface area contributed by atoms with Gasteiger partial charge in [-0.05, 0) is 62.7 Å². The predicted molar refractivity (Wildman–Crippen MR) is 95.8 cm³/mol. The highest BCUT2D eigenvalue weighted by molar-refractivity contribution is 5.85. The van der Waals surface area contributed by atoms with Gasteiger partial charge in [0.25, 0.3) is 0 Å². The van der Waals surface area contributed by atoms with Gasteiger partial charge < -0.3 is 10.6 Å². The molecule has 2 N–H and O–H groups in total. The highest BCUT2D eigenvalue weighted by atomic mass is 35.5. The molecule has 0 spiro atoms. The van der Waals surface area contributed by atoms with Gasteiger partial charge in [-0.3, -0.25) is 4.79 Å². The number of nitrogens with one attached hydrogen (secondary N) is 2. The standard InChI is InChI=1S/C19H32N2O.ClH/c22-18(13-20-17-6-2-1-3-7-17)21-19-10-4-5-15(12-19)14-8-9-16(19)11-14;/h14-17,20H,1-13H2,(H,21,22);1H. The van der Waals surface area contributed by atoms with Gasteiger partial charge in [0.1, 0.15) is 0 Å². The lowest BCUT2D eigenvalue weighted by Gasteiger charge is -2.50. The summed E-state index contributed by atoms with van der Waals surface area (Å²) in [4.78, 5) is 12.6. The fourth-order valence-corrected chi connectivity index (χ4v) is 6.15. The number of fused-ring (bicyclic) bond motifs is 6. The fraction of sp³-hybridized carbons (Fsp3) is 0.947. The van der Waals surface area contributed by atoms with Crippen LogP contribution in [0.1, 0.15) is 77.0 Å². The molecule has 3 nitrogen and oxygen atoms in total. The van der Waals surface area contributed by atoms with Crippen LogP contribution >= 0.6 is 12.4 Å². The van der Waals surface area contributed by atoms with Crippen LogP contribution in [0.15, 0.2) is 0 Å². The molecule has 1 amide bonds. The van der Waals surface area contributed by atoms with Crippen molar-refractivity contribution < 1.29 is 4.79 Å². The number of carbonyl (C=O) groups excluding carboxylic acids is 1. The molecule has 0 aliphatic heterocycles. The van der Waals surface area contributed by atoms with E-state index in [0.29, 0.717) is 12.6 Å². The van der Waals surface area contributed by atoms with Crippen LogP contribution in [-0.2, 0) is 4.79 Å². The van der Waals surface area contributed by atoms with Crippen LogP contribution in [0, 0.1) is 17.8 Å². The molecule has 0 radical (unpaired) electrons. The van der Waals surface area contributed by atoms with E-state index in [4.69, 9.17) is 0 Å². The van der Waals surface area contributed by atoms with Gasteiger partial charge in [-0.2, -0.15) is 0 Å². The summed E-state index contributed by atoms with van der Waals surface area (Å²) in [5, 5.41) is 7.04. The maximum absolute atomic E-state index is 12.6. The van der Waals surface area contributed by atoms with Crippen LogP contribution in [0.3, 0.4) is 0 Å². The lowest BCUT2D eigenvalue weighted by molar-refractivity contribution is -0.124. The normalized spacial score (nSPS) is 39.6. The average molecular weight is 341 g/mol. The summed E-state index contributed by atoms with van der Waals surface area (Å²) in [6.45, 7) is 0.535. The van der Waals surface area contributed by atoms with Crippen molar-refractivity contribution in [2.45, 2.75) is 88.6 Å². The van der Waals surface area contributed by atoms with E-state index in [1.807, 2.05) is 0 Å². The minimum atomic E-state index is 0. The average Bonchev–Trinajstić information content (AvgIpc) is 3.01. The summed E-state index contributed by atoms with van der Waals surface area (Å²) in [6.07, 6.45) is 16.0. The molecular formula is C19H33ClN2O. The topological polar surface area (TPSA) is 41.1 Å². The van der Waals surface area contributed by atoms with Gasteiger partial charge in [0.15, 0.2) is 0 Å². The number of hydrogen-bond acceptors (Lipinski definition) is 2. The summed E-state index contributed by atoms with van der Waals surface area (Å²) in [5.41, 5.74) is 0.168. The SMILES string of the molecule is Cl.O=C(CNC1CCCCC1)NC12CCCC(C1)C1CCC2C1. The molecule has 4 saturated carbocycles. The predicted octanol–water partition coefficient (Wildman–Crippen LogP) is 3.81. The van der Waals surface area contributed by atoms with E-state index in [1.165, 1.54) is 77.0 Å². The van der Waals surface area contributed by atoms with Crippen molar-refractivity contribution in [1.29, 1.82) is 0 Å². The van der Waals surface area contributed by atoms with E-state index < -0.39 is 0 Å². The molecule has 132 valence electrons. The van der Waals surface area contributed by atoms with Gasteiger partial charge in [-0.15, -0.1) is 12.4 Å². The molecule has 4 heteroatoms. The number of halogens is 1. The Balaban J connectivity index is 0.00000156. The minimum absolute atomic E-state index is 0. The highest BCUT2D eigenvalue weighted by Crippen LogP contribution is 2.56. The highest BCUT2D eigenvalue weighted by Gasteiger charge is 2.53. The van der Waals surface area contributed by atoms with E-state index in [1.54, 1.807) is 0 Å². The maximum Gasteiger partial charge on any atom is 0.234 e. The summed E-state index contributed by atoms with van der Waals surface area (Å²) >= 11 is 0. The first kappa shape index (κ1) is 17.5. The lowest BCUT2D eigenvalue weighted by atomic mass is 9.61. The van der Waals surface area contributed by atoms with Gasteiger partial charge in [-0.25, -0.2) is 0 Å². The molecule has 4 fully saturated rings. The zero-order chi connectivity index (χ0) is 15.0. The Morgan fingerprint density at radius 2 is 1.78 bits per heavy atom. The largest absolute Gasteiger partial charge is 0.349 e. The smallest absolute Gasteiger partial charge is 0.234 e. The lowest BCUT2D eigenvalue weighted by Crippen LogP contribution is -2.59. The van der Waals surface area contributed by atoms with Crippen molar-refractivity contribution in [3.8, 4) is 0 Å². The Bertz CT molecular complexity index is 424. The van der Waals surface area contributed by atoms with Crippen molar-refractivity contribution in [3.05, 3.63) is 0 Å². The Labute approximate surface area is 147 Å². The van der Waals surface area contributed by atoms with Crippen LogP contribution in [-0.4, -0.2) is 24.0 Å². The van der Waals surface area contributed by atoms with Gasteiger partial charge >= 0.3 is 0 Å². The van der Waals surface area contributed by atoms with Gasteiger partial charge in [0, 0.05) is 11.6 Å². The third-order valence-electron chi connectivity index (χ3n) is 7.29. The number of carbonyl (C=O) groups is 1. The zero-order valence-electron chi connectivity index (χ0n) is 14.3. The second-order valence-electron chi connectivity index (χ2n) is 8.55. The third-order valence-corrected chi connectivity index (χ3v) is 7.29. The molecule has 4 rings (SSSR count). The summed E-state index contributed by atoms with van der Waals surface area (Å²) < 4.78 is 0. The van der Waals surface area contributed by atoms with E-state index in [-0.39, 0.29) is 23.9 Å². The first-order chi connectivity index (χ1) is 10.8. The Hall–Kier alpha value is -0.280. The number of rotatable bonds is 4. The van der Waals surface area contributed by atoms with Crippen LogP contribution in [0.4, 0.5) is 0 Å². The van der Waals surface area contributed by atoms with Crippen molar-refractivity contribution >= 4 is 18.3 Å². The molecule has 0 heterocycles. The molecule has 4 bridgehead atoms. The van der Waals surface area contributed by atoms with E-state index >= 15 is 0 Å². The number of hydrogen-bond donors (Lipinski definition) is 2. The first-order valence-corrected chi connectivity index (χ1v) is 9.80. The van der Waals surface area contributed by atoms with Crippen molar-refractivity contribution in [2.75, 3.05) is 6.54 Å². The van der Waals surface area contributed by atoms with Gasteiger partial charge in [0.05, 0.1) is 6.54 Å². The Morgan fingerprint density at radius 1 is 0.957 bits per heavy atom. The maximum atomic E-state index is 12.6. The second-order valence-corrected chi connectivity index (χ2v) is 8.55. The van der Waals surface area contributed by atoms with Crippen molar-refractivity contribution in [1.82, 2.24) is 10.6 Å². The molecule has 0 saturated heterocycles. The van der Waals surface area contributed by atoms with Crippen LogP contribution in [0.2, 0.25) is 0 Å². The van der Waals surface area contributed by atoms with Crippen molar-refractivity contribution in [2.24, 2.45) is 17.8 Å². The second kappa shape index (κ2) is 7.31. The van der Waals surface area contributed by atoms with Crippen LogP contribution < -0.4 is 10.6 Å². The monoisotopic (exact) mass is 340 g/mol. The molecule has 4 aliphatic carbocycles. The molecule has 0 aromatic heterocycles. The molecular weight excluding hydrogens is 308 g/mol. The summed E-state index contributed by atoms with van der Waals surface area (Å²) in [5.74, 6) is 2.92. The van der Waals surface area contributed by atoms with E-state index in [9.17, 15) is 4.79 Å². The van der Waals surface area contributed by atoms with Crippen LogP contribution in [0.5, 0.6) is 0 Å². The third kappa shape index (κ3) is 3.56. The zero-order valence-corrected chi connectivity index (χ0v) is 15.1. The molecule has 4 atom stereocenters. The van der Waals surface area contributed by atoms with Gasteiger partial charge in [0.2, 0.25) is 5.91 Å². The van der Waals surface area contributed by atoms with E-state index in [2.05, 4.69) is 10.6 Å². The van der Waals surface area contributed by atoms with Crippen molar-refractivity contribution in [3.63, 3.8) is 0 Å². The minimum Gasteiger partial charge on any atom is -0.349 e. The Morgan fingerprint density at radius 3 is 2.61 bits per heavy atom. The number of amides is 1. The summed E-state index contributed by atoms with van der Waals surface area (Å²) in [6, 6.07) is 0.582. The first-order valence-electron chi connectivity index (χ1n) is 9.80. The quantitative estimate of drug-likeness (QED) is 0.817.